The van der Waals surface area contributed by atoms with E-state index < -0.39 is 0 Å². The van der Waals surface area contributed by atoms with Crippen molar-refractivity contribution in [1.82, 2.24) is 0 Å². The van der Waals surface area contributed by atoms with Gasteiger partial charge in [0.15, 0.2) is 5.78 Å². The average Bonchev–Trinajstić information content (AvgIpc) is 3.28. The predicted molar refractivity (Wildman–Crippen MR) is 214 cm³/mol. The van der Waals surface area contributed by atoms with Gasteiger partial charge in [0, 0.05) is 49.4 Å². The van der Waals surface area contributed by atoms with E-state index in [-0.39, 0.29) is 17.8 Å². The van der Waals surface area contributed by atoms with Crippen molar-refractivity contribution in [3.63, 3.8) is 0 Å². The second kappa shape index (κ2) is 22.4. The standard InChI is InChI=1S/C46H60N2O2/c1-11-18-40(22-17-15-16-21-33(5)30-47)43-24-23-38(27-36(43)8)25-34(6)26-39(14-4)46(44(49)20-13-3)41(19-12-2)28-35(7)42-29-37(9)45(50-10)32-48-31-42/h12,15-16,19,23-25,27-28,31-33,40,45H,4,9,11,13,17-18,20-22,26,29H2,1-3,5-8,10H3/b16-15+,19-12-,34-25+,35-28+,46-41+. The topological polar surface area (TPSA) is 62.5 Å². The lowest BCUT2D eigenvalue weighted by Gasteiger charge is -2.19. The first-order chi connectivity index (χ1) is 24.0. The summed E-state index contributed by atoms with van der Waals surface area (Å²) in [5, 5.41) is 9.04. The molecule has 0 fully saturated rings. The van der Waals surface area contributed by atoms with Crippen molar-refractivity contribution in [3.8, 4) is 6.07 Å². The number of hydrogen-bond donors (Lipinski definition) is 0. The van der Waals surface area contributed by atoms with Crippen LogP contribution in [0.15, 0.2) is 118 Å². The Morgan fingerprint density at radius 2 is 1.94 bits per heavy atom. The zero-order chi connectivity index (χ0) is 37.1. The molecule has 3 atom stereocenters. The van der Waals surface area contributed by atoms with Gasteiger partial charge in [-0.15, -0.1) is 5.73 Å². The fourth-order valence-electron chi connectivity index (χ4n) is 6.41. The minimum Gasteiger partial charge on any atom is -0.371 e. The summed E-state index contributed by atoms with van der Waals surface area (Å²) in [6.45, 7) is 22.9. The molecule has 266 valence electrons. The maximum absolute atomic E-state index is 13.8. The van der Waals surface area contributed by atoms with E-state index in [1.54, 1.807) is 13.3 Å². The number of benzene rings is 1. The molecule has 0 bridgehead atoms. The molecule has 1 aromatic rings. The Hall–Kier alpha value is -4.29. The van der Waals surface area contributed by atoms with E-state index in [1.165, 1.54) is 11.1 Å². The molecule has 0 saturated carbocycles. The number of Topliss-reactive ketones (excluding diaryl/α,β-unsaturated/α-hetero) is 1. The minimum absolute atomic E-state index is 0.0634. The summed E-state index contributed by atoms with van der Waals surface area (Å²) in [6.07, 6.45) is 23.7. The summed E-state index contributed by atoms with van der Waals surface area (Å²) >= 11 is 0. The lowest BCUT2D eigenvalue weighted by Crippen LogP contribution is -2.14. The maximum Gasteiger partial charge on any atom is 0.164 e. The van der Waals surface area contributed by atoms with E-state index in [1.807, 2.05) is 39.1 Å². The molecule has 1 aromatic carbocycles. The third-order valence-electron chi connectivity index (χ3n) is 9.11. The van der Waals surface area contributed by atoms with Gasteiger partial charge in [-0.05, 0) is 118 Å². The molecule has 50 heavy (non-hydrogen) atoms. The van der Waals surface area contributed by atoms with Gasteiger partial charge < -0.3 is 4.74 Å². The third-order valence-corrected chi connectivity index (χ3v) is 9.11. The highest BCUT2D eigenvalue weighted by atomic mass is 16.5. The summed E-state index contributed by atoms with van der Waals surface area (Å²) in [5.41, 5.74) is 13.5. The van der Waals surface area contributed by atoms with Crippen LogP contribution in [0.4, 0.5) is 0 Å². The molecule has 0 saturated heterocycles. The second-order valence-electron chi connectivity index (χ2n) is 13.5. The zero-order valence-electron chi connectivity index (χ0n) is 32.1. The van der Waals surface area contributed by atoms with Crippen LogP contribution in [0.2, 0.25) is 0 Å². The molecular weight excluding hydrogens is 613 g/mol. The van der Waals surface area contributed by atoms with Crippen molar-refractivity contribution in [2.45, 2.75) is 118 Å². The molecule has 0 amide bonds. The summed E-state index contributed by atoms with van der Waals surface area (Å²) < 4.78 is 5.52. The van der Waals surface area contributed by atoms with E-state index in [4.69, 9.17) is 10.00 Å². The first-order valence-electron chi connectivity index (χ1n) is 18.3. The van der Waals surface area contributed by atoms with E-state index in [0.29, 0.717) is 30.8 Å². The number of ketones is 1. The lowest BCUT2D eigenvalue weighted by molar-refractivity contribution is -0.115. The molecule has 1 aliphatic rings. The number of nitrogens with zero attached hydrogens (tertiary/aromatic N) is 2. The zero-order valence-corrected chi connectivity index (χ0v) is 32.1. The molecule has 2 rings (SSSR count). The number of carbonyl (C=O) groups is 1. The van der Waals surface area contributed by atoms with Crippen molar-refractivity contribution in [3.05, 3.63) is 129 Å². The van der Waals surface area contributed by atoms with E-state index >= 15 is 0 Å². The van der Waals surface area contributed by atoms with Gasteiger partial charge in [0.25, 0.3) is 0 Å². The number of carbonyl (C=O) groups excluding carboxylic acids is 1. The number of hydrogen-bond acceptors (Lipinski definition) is 4. The van der Waals surface area contributed by atoms with Crippen LogP contribution in [0.25, 0.3) is 6.08 Å². The van der Waals surface area contributed by atoms with Gasteiger partial charge in [0.2, 0.25) is 0 Å². The molecule has 3 unspecified atom stereocenters. The highest BCUT2D eigenvalue weighted by Gasteiger charge is 2.20. The quantitative estimate of drug-likeness (QED) is 0.0636. The maximum atomic E-state index is 13.8. The number of aliphatic imine (C=N–C) groups is 1. The smallest absolute Gasteiger partial charge is 0.164 e. The summed E-state index contributed by atoms with van der Waals surface area (Å²) in [7, 11) is 1.66. The van der Waals surface area contributed by atoms with Crippen molar-refractivity contribution in [2.24, 2.45) is 10.9 Å². The van der Waals surface area contributed by atoms with Crippen LogP contribution >= 0.6 is 0 Å². The van der Waals surface area contributed by atoms with Crippen molar-refractivity contribution < 1.29 is 9.53 Å². The van der Waals surface area contributed by atoms with Gasteiger partial charge in [-0.2, -0.15) is 5.26 Å². The monoisotopic (exact) mass is 672 g/mol. The van der Waals surface area contributed by atoms with Gasteiger partial charge in [0.1, 0.15) is 6.10 Å². The summed E-state index contributed by atoms with van der Waals surface area (Å²) in [5.74, 6) is 0.664. The molecule has 4 nitrogen and oxygen atoms in total. The lowest BCUT2D eigenvalue weighted by atomic mass is 9.86. The number of methoxy groups -OCH3 is 1. The third kappa shape index (κ3) is 13.2. The van der Waals surface area contributed by atoms with E-state index in [0.717, 1.165) is 77.5 Å². The SMILES string of the molecule is C=C=C(C/C(C)=C/c1ccc(C(CCC)CC/C=C/CC(C)C#N)c(C)c1)/C(C(=O)CCC)=C(/C=C\C)\C=C(/C)C1=CN=CC(OC)C(=C)C1. The Morgan fingerprint density at radius 3 is 2.56 bits per heavy atom. The van der Waals surface area contributed by atoms with Crippen LogP contribution in [-0.4, -0.2) is 25.2 Å². The van der Waals surface area contributed by atoms with E-state index in [9.17, 15) is 4.79 Å². The van der Waals surface area contributed by atoms with Crippen LogP contribution < -0.4 is 0 Å². The second-order valence-corrected chi connectivity index (χ2v) is 13.5. The van der Waals surface area contributed by atoms with Gasteiger partial charge in [-0.25, -0.2) is 0 Å². The molecule has 0 N–H and O–H groups in total. The van der Waals surface area contributed by atoms with Crippen LogP contribution in [0.3, 0.4) is 0 Å². The fourth-order valence-corrected chi connectivity index (χ4v) is 6.41. The normalized spacial score (nSPS) is 17.2. The minimum atomic E-state index is -0.218. The Bertz CT molecular complexity index is 1640. The molecule has 1 heterocycles. The van der Waals surface area contributed by atoms with Crippen LogP contribution in [0.1, 0.15) is 122 Å². The van der Waals surface area contributed by atoms with Gasteiger partial charge >= 0.3 is 0 Å². The summed E-state index contributed by atoms with van der Waals surface area (Å²) in [6, 6.07) is 9.10. The largest absolute Gasteiger partial charge is 0.371 e. The first-order valence-corrected chi connectivity index (χ1v) is 18.3. The van der Waals surface area contributed by atoms with Gasteiger partial charge in [0.05, 0.1) is 6.07 Å². The number of ether oxygens (including phenoxy) is 1. The van der Waals surface area contributed by atoms with Crippen molar-refractivity contribution in [1.29, 1.82) is 5.26 Å². The summed E-state index contributed by atoms with van der Waals surface area (Å²) in [4.78, 5) is 18.3. The highest BCUT2D eigenvalue weighted by Crippen LogP contribution is 2.32. The molecule has 4 heteroatoms. The molecule has 0 aliphatic carbocycles. The molecule has 0 radical (unpaired) electrons. The van der Waals surface area contributed by atoms with Crippen molar-refractivity contribution in [2.75, 3.05) is 7.11 Å². The number of rotatable bonds is 19. The Morgan fingerprint density at radius 1 is 1.18 bits per heavy atom. The van der Waals surface area contributed by atoms with Crippen LogP contribution in [0, 0.1) is 24.2 Å². The molecular formula is C46H60N2O2. The number of allylic oxidation sites excluding steroid dienone is 11. The average molecular weight is 673 g/mol. The molecule has 0 aromatic heterocycles. The Labute approximate surface area is 303 Å². The van der Waals surface area contributed by atoms with Crippen molar-refractivity contribution >= 4 is 18.1 Å². The Kier molecular flexibility index (Phi) is 18.8. The predicted octanol–water partition coefficient (Wildman–Crippen LogP) is 12.4. The van der Waals surface area contributed by atoms with Crippen LogP contribution in [0.5, 0.6) is 0 Å². The van der Waals surface area contributed by atoms with Gasteiger partial charge in [-0.1, -0.05) is 93.7 Å². The van der Waals surface area contributed by atoms with Crippen LogP contribution in [-0.2, 0) is 9.53 Å². The molecule has 0 spiro atoms. The van der Waals surface area contributed by atoms with E-state index in [2.05, 4.69) is 100 Å². The number of aryl methyl sites for hydroxylation is 1. The van der Waals surface area contributed by atoms with Gasteiger partial charge in [-0.3, -0.25) is 9.79 Å². The first kappa shape index (κ1) is 41.9. The molecule has 1 aliphatic heterocycles. The Balaban J connectivity index is 2.42. The number of nitriles is 1. The fraction of sp³-hybridized carbons (Fsp3) is 0.435. The highest BCUT2D eigenvalue weighted by molar-refractivity contribution is 6.01.